The Morgan fingerprint density at radius 3 is 2.67 bits per heavy atom. The fourth-order valence-electron chi connectivity index (χ4n) is 1.22. The Morgan fingerprint density at radius 2 is 2.17 bits per heavy atom. The summed E-state index contributed by atoms with van der Waals surface area (Å²) in [6.45, 7) is 4.99. The first-order valence-corrected chi connectivity index (χ1v) is 6.41. The molecule has 0 bridgehead atoms. The van der Waals surface area contributed by atoms with Crippen LogP contribution in [0.1, 0.15) is 6.92 Å². The van der Waals surface area contributed by atoms with Crippen molar-refractivity contribution in [2.45, 2.75) is 11.8 Å². The van der Waals surface area contributed by atoms with Gasteiger partial charge in [-0.3, -0.25) is 4.55 Å². The molecule has 0 atom stereocenters. The largest absolute Gasteiger partial charge is 0.489 e. The van der Waals surface area contributed by atoms with Gasteiger partial charge in [-0.25, -0.2) is 4.79 Å². The van der Waals surface area contributed by atoms with Gasteiger partial charge in [0.25, 0.3) is 10.1 Å². The van der Waals surface area contributed by atoms with E-state index < -0.39 is 21.0 Å². The molecule has 1 rings (SSSR count). The van der Waals surface area contributed by atoms with Crippen LogP contribution >= 0.6 is 0 Å². The molecule has 0 saturated heterocycles. The molecule has 7 heteroatoms. The maximum Gasteiger partial charge on any atom is 0.335 e. The van der Waals surface area contributed by atoms with Crippen LogP contribution < -0.4 is 9.47 Å². The zero-order chi connectivity index (χ0) is 13.8. The standard InChI is InChI=1S/C11H12O6S/c1-3-10(12)17-8-6-5-7-9(18(13,14)15)11(8)16-4-2/h3,5-7H,1,4H2,2H3,(H,13,14,15). The van der Waals surface area contributed by atoms with Gasteiger partial charge in [-0.05, 0) is 19.1 Å². The monoisotopic (exact) mass is 272 g/mol. The van der Waals surface area contributed by atoms with E-state index in [9.17, 15) is 13.2 Å². The number of hydrogen-bond acceptors (Lipinski definition) is 5. The van der Waals surface area contributed by atoms with Crippen molar-refractivity contribution in [3.8, 4) is 11.5 Å². The predicted molar refractivity (Wildman–Crippen MR) is 63.3 cm³/mol. The van der Waals surface area contributed by atoms with Crippen LogP contribution in [0, 0.1) is 0 Å². The number of benzene rings is 1. The maximum absolute atomic E-state index is 11.2. The van der Waals surface area contributed by atoms with Crippen LogP contribution in [0.5, 0.6) is 11.5 Å². The molecular formula is C11H12O6S. The van der Waals surface area contributed by atoms with Crippen LogP contribution in [-0.4, -0.2) is 25.5 Å². The average Bonchev–Trinajstić information content (AvgIpc) is 2.30. The van der Waals surface area contributed by atoms with Gasteiger partial charge in [0.2, 0.25) is 0 Å². The van der Waals surface area contributed by atoms with E-state index in [1.165, 1.54) is 12.1 Å². The number of para-hydroxylation sites is 1. The van der Waals surface area contributed by atoms with Gasteiger partial charge in [0, 0.05) is 6.08 Å². The normalized spacial score (nSPS) is 10.8. The third-order valence-electron chi connectivity index (χ3n) is 1.89. The van der Waals surface area contributed by atoms with E-state index >= 15 is 0 Å². The van der Waals surface area contributed by atoms with E-state index in [1.807, 2.05) is 0 Å². The predicted octanol–water partition coefficient (Wildman–Crippen LogP) is 1.42. The lowest BCUT2D eigenvalue weighted by atomic mass is 10.3. The summed E-state index contributed by atoms with van der Waals surface area (Å²) in [7, 11) is -4.46. The van der Waals surface area contributed by atoms with E-state index in [0.717, 1.165) is 12.1 Å². The number of esters is 1. The summed E-state index contributed by atoms with van der Waals surface area (Å²) in [6.07, 6.45) is 0.926. The minimum absolute atomic E-state index is 0.100. The third-order valence-corrected chi connectivity index (χ3v) is 2.76. The van der Waals surface area contributed by atoms with Crippen molar-refractivity contribution in [3.05, 3.63) is 30.9 Å². The quantitative estimate of drug-likeness (QED) is 0.377. The zero-order valence-electron chi connectivity index (χ0n) is 9.62. The second kappa shape index (κ2) is 5.65. The molecule has 6 nitrogen and oxygen atoms in total. The average molecular weight is 272 g/mol. The molecule has 0 spiro atoms. The summed E-state index contributed by atoms with van der Waals surface area (Å²) < 4.78 is 41.3. The van der Waals surface area contributed by atoms with Gasteiger partial charge in [-0.15, -0.1) is 0 Å². The highest BCUT2D eigenvalue weighted by atomic mass is 32.2. The molecule has 0 aliphatic rings. The minimum Gasteiger partial charge on any atom is -0.489 e. The molecule has 1 aromatic rings. The van der Waals surface area contributed by atoms with Crippen molar-refractivity contribution >= 4 is 16.1 Å². The molecule has 1 N–H and O–H groups in total. The van der Waals surface area contributed by atoms with Crippen LogP contribution in [0.3, 0.4) is 0 Å². The summed E-state index contributed by atoms with van der Waals surface area (Å²) in [6, 6.07) is 3.81. The van der Waals surface area contributed by atoms with Crippen molar-refractivity contribution in [2.24, 2.45) is 0 Å². The van der Waals surface area contributed by atoms with E-state index in [0.29, 0.717) is 0 Å². The first-order chi connectivity index (χ1) is 8.40. The molecule has 0 fully saturated rings. The van der Waals surface area contributed by atoms with Crippen LogP contribution in [0.4, 0.5) is 0 Å². The van der Waals surface area contributed by atoms with Crippen molar-refractivity contribution < 1.29 is 27.2 Å². The van der Waals surface area contributed by atoms with Crippen molar-refractivity contribution in [3.63, 3.8) is 0 Å². The van der Waals surface area contributed by atoms with Gasteiger partial charge >= 0.3 is 5.97 Å². The SMILES string of the molecule is C=CC(=O)Oc1cccc(S(=O)(=O)O)c1OCC. The van der Waals surface area contributed by atoms with Crippen molar-refractivity contribution in [1.82, 2.24) is 0 Å². The summed E-state index contributed by atoms with van der Waals surface area (Å²) in [5, 5.41) is 0. The van der Waals surface area contributed by atoms with Crippen LogP contribution in [-0.2, 0) is 14.9 Å². The summed E-state index contributed by atoms with van der Waals surface area (Å²) in [5.41, 5.74) is 0. The van der Waals surface area contributed by atoms with Gasteiger partial charge in [-0.2, -0.15) is 8.42 Å². The number of carbonyl (C=O) groups is 1. The van der Waals surface area contributed by atoms with Gasteiger partial charge in [0.15, 0.2) is 11.5 Å². The molecule has 0 aromatic heterocycles. The smallest absolute Gasteiger partial charge is 0.335 e. The first kappa shape index (κ1) is 14.2. The summed E-state index contributed by atoms with van der Waals surface area (Å²) in [5.74, 6) is -1.07. The fraction of sp³-hybridized carbons (Fsp3) is 0.182. The maximum atomic E-state index is 11.2. The molecule has 1 aromatic carbocycles. The second-order valence-electron chi connectivity index (χ2n) is 3.12. The Hall–Kier alpha value is -1.86. The molecule has 0 aliphatic heterocycles. The Morgan fingerprint density at radius 1 is 1.50 bits per heavy atom. The van der Waals surface area contributed by atoms with Gasteiger partial charge in [-0.1, -0.05) is 12.6 Å². The first-order valence-electron chi connectivity index (χ1n) is 4.97. The number of hydrogen-bond donors (Lipinski definition) is 1. The minimum atomic E-state index is -4.46. The highest BCUT2D eigenvalue weighted by Crippen LogP contribution is 2.34. The molecule has 0 unspecified atom stereocenters. The van der Waals surface area contributed by atoms with E-state index in [4.69, 9.17) is 14.0 Å². The lowest BCUT2D eigenvalue weighted by Crippen LogP contribution is -2.09. The molecule has 98 valence electrons. The Labute approximate surface area is 105 Å². The van der Waals surface area contributed by atoms with E-state index in [-0.39, 0.29) is 18.1 Å². The number of ether oxygens (including phenoxy) is 2. The lowest BCUT2D eigenvalue weighted by molar-refractivity contribution is -0.129. The highest BCUT2D eigenvalue weighted by Gasteiger charge is 2.21. The highest BCUT2D eigenvalue weighted by molar-refractivity contribution is 7.86. The Balaban J connectivity index is 3.34. The molecule has 0 saturated carbocycles. The van der Waals surface area contributed by atoms with E-state index in [1.54, 1.807) is 6.92 Å². The Bertz CT molecular complexity index is 561. The topological polar surface area (TPSA) is 89.9 Å². The van der Waals surface area contributed by atoms with Gasteiger partial charge in [0.05, 0.1) is 6.61 Å². The molecule has 18 heavy (non-hydrogen) atoms. The third kappa shape index (κ3) is 3.31. The van der Waals surface area contributed by atoms with Crippen LogP contribution in [0.15, 0.2) is 35.7 Å². The van der Waals surface area contributed by atoms with Crippen LogP contribution in [0.2, 0.25) is 0 Å². The Kier molecular flexibility index (Phi) is 4.46. The lowest BCUT2D eigenvalue weighted by Gasteiger charge is -2.12. The molecular weight excluding hydrogens is 260 g/mol. The number of rotatable bonds is 5. The molecule has 0 amide bonds. The van der Waals surface area contributed by atoms with Crippen LogP contribution in [0.25, 0.3) is 0 Å². The number of carbonyl (C=O) groups excluding carboxylic acids is 1. The molecule has 0 radical (unpaired) electrons. The molecule has 0 heterocycles. The van der Waals surface area contributed by atoms with E-state index in [2.05, 4.69) is 6.58 Å². The molecule has 0 aliphatic carbocycles. The van der Waals surface area contributed by atoms with Crippen molar-refractivity contribution in [1.29, 1.82) is 0 Å². The fourth-order valence-corrected chi connectivity index (χ4v) is 1.86. The zero-order valence-corrected chi connectivity index (χ0v) is 10.4. The van der Waals surface area contributed by atoms with Gasteiger partial charge in [0.1, 0.15) is 4.90 Å². The summed E-state index contributed by atoms with van der Waals surface area (Å²) in [4.78, 5) is 10.6. The van der Waals surface area contributed by atoms with Gasteiger partial charge < -0.3 is 9.47 Å². The summed E-state index contributed by atoms with van der Waals surface area (Å²) >= 11 is 0. The van der Waals surface area contributed by atoms with Crippen molar-refractivity contribution in [2.75, 3.05) is 6.61 Å². The second-order valence-corrected chi connectivity index (χ2v) is 4.51.